The van der Waals surface area contributed by atoms with E-state index < -0.39 is 0 Å². The highest BCUT2D eigenvalue weighted by Crippen LogP contribution is 2.33. The van der Waals surface area contributed by atoms with E-state index in [9.17, 15) is 4.79 Å². The van der Waals surface area contributed by atoms with E-state index in [4.69, 9.17) is 4.74 Å². The molecule has 0 N–H and O–H groups in total. The van der Waals surface area contributed by atoms with Crippen molar-refractivity contribution in [2.24, 2.45) is 0 Å². The molecule has 0 spiro atoms. The van der Waals surface area contributed by atoms with Gasteiger partial charge in [-0.25, -0.2) is 0 Å². The van der Waals surface area contributed by atoms with E-state index in [2.05, 4.69) is 21.7 Å². The van der Waals surface area contributed by atoms with Crippen molar-refractivity contribution in [2.45, 2.75) is 44.1 Å². The third kappa shape index (κ3) is 2.75. The van der Waals surface area contributed by atoms with Gasteiger partial charge in [-0.1, -0.05) is 0 Å². The number of ether oxygens (including phenoxy) is 1. The van der Waals surface area contributed by atoms with E-state index >= 15 is 0 Å². The highest BCUT2D eigenvalue weighted by atomic mass is 32.1. The minimum absolute atomic E-state index is 0.111. The maximum atomic E-state index is 12.0. The molecule has 0 aromatic carbocycles. The van der Waals surface area contributed by atoms with Crippen LogP contribution in [-0.4, -0.2) is 54.6 Å². The first-order valence-corrected chi connectivity index (χ1v) is 8.21. The average Bonchev–Trinajstić information content (AvgIpc) is 3.08. The molecule has 20 heavy (non-hydrogen) atoms. The topological polar surface area (TPSA) is 32.8 Å². The SMILES string of the molecule is CN(C)C(=O)[C@@H]1CC[C@H]2[C@H](CCN2Cc2ccsc2)O1. The van der Waals surface area contributed by atoms with Crippen LogP contribution in [0.25, 0.3) is 0 Å². The number of nitrogens with zero attached hydrogens (tertiary/aromatic N) is 2. The highest BCUT2D eigenvalue weighted by Gasteiger charge is 2.41. The molecule has 1 aromatic rings. The fourth-order valence-electron chi connectivity index (χ4n) is 3.30. The second kappa shape index (κ2) is 5.84. The summed E-state index contributed by atoms with van der Waals surface area (Å²) >= 11 is 1.75. The molecular weight excluding hydrogens is 272 g/mol. The molecule has 3 atom stereocenters. The van der Waals surface area contributed by atoms with E-state index in [1.807, 2.05) is 0 Å². The van der Waals surface area contributed by atoms with Crippen LogP contribution in [0.2, 0.25) is 0 Å². The molecule has 2 aliphatic rings. The van der Waals surface area contributed by atoms with Crippen molar-refractivity contribution in [1.82, 2.24) is 9.80 Å². The van der Waals surface area contributed by atoms with Crippen LogP contribution in [0.4, 0.5) is 0 Å². The number of hydrogen-bond donors (Lipinski definition) is 0. The summed E-state index contributed by atoms with van der Waals surface area (Å²) < 4.78 is 6.05. The lowest BCUT2D eigenvalue weighted by Gasteiger charge is -2.36. The van der Waals surface area contributed by atoms with Crippen molar-refractivity contribution < 1.29 is 9.53 Å². The van der Waals surface area contributed by atoms with Crippen LogP contribution in [0.5, 0.6) is 0 Å². The minimum atomic E-state index is -0.229. The molecular formula is C15H22N2O2S. The summed E-state index contributed by atoms with van der Waals surface area (Å²) in [6.45, 7) is 2.09. The standard InChI is InChI=1S/C15H22N2O2S/c1-16(2)15(18)14-4-3-12-13(19-14)5-7-17(12)9-11-6-8-20-10-11/h6,8,10,12-14H,3-5,7,9H2,1-2H3/t12-,13-,14-/m0/s1. The van der Waals surface area contributed by atoms with Crippen molar-refractivity contribution >= 4 is 17.2 Å². The lowest BCUT2D eigenvalue weighted by molar-refractivity contribution is -0.152. The summed E-state index contributed by atoms with van der Waals surface area (Å²) in [6, 6.07) is 2.68. The van der Waals surface area contributed by atoms with Gasteiger partial charge in [0.2, 0.25) is 0 Å². The summed E-state index contributed by atoms with van der Waals surface area (Å²) in [5.41, 5.74) is 1.39. The molecule has 2 fully saturated rings. The number of carbonyl (C=O) groups excluding carboxylic acids is 1. The van der Waals surface area contributed by atoms with Crippen molar-refractivity contribution in [1.29, 1.82) is 0 Å². The molecule has 5 heteroatoms. The number of carbonyl (C=O) groups is 1. The Kier molecular flexibility index (Phi) is 4.10. The van der Waals surface area contributed by atoms with Crippen molar-refractivity contribution in [3.05, 3.63) is 22.4 Å². The molecule has 0 radical (unpaired) electrons. The Morgan fingerprint density at radius 3 is 3.00 bits per heavy atom. The number of likely N-dealkylation sites (tertiary alicyclic amines) is 1. The van der Waals surface area contributed by atoms with Gasteiger partial charge in [0.25, 0.3) is 5.91 Å². The van der Waals surface area contributed by atoms with Gasteiger partial charge < -0.3 is 9.64 Å². The molecule has 2 aliphatic heterocycles. The fraction of sp³-hybridized carbons (Fsp3) is 0.667. The van der Waals surface area contributed by atoms with Gasteiger partial charge in [-0.15, -0.1) is 0 Å². The first kappa shape index (κ1) is 14.0. The quantitative estimate of drug-likeness (QED) is 0.854. The maximum absolute atomic E-state index is 12.0. The maximum Gasteiger partial charge on any atom is 0.251 e. The molecule has 1 aromatic heterocycles. The molecule has 0 unspecified atom stereocenters. The van der Waals surface area contributed by atoms with Crippen molar-refractivity contribution in [3.63, 3.8) is 0 Å². The molecule has 0 bridgehead atoms. The van der Waals surface area contributed by atoms with Crippen LogP contribution in [0.3, 0.4) is 0 Å². The van der Waals surface area contributed by atoms with Crippen LogP contribution in [0.15, 0.2) is 16.8 Å². The molecule has 3 rings (SSSR count). The normalized spacial score (nSPS) is 30.2. The fourth-order valence-corrected chi connectivity index (χ4v) is 3.96. The minimum Gasteiger partial charge on any atom is -0.363 e. The number of rotatable bonds is 3. The summed E-state index contributed by atoms with van der Waals surface area (Å²) in [5, 5.41) is 4.35. The monoisotopic (exact) mass is 294 g/mol. The second-order valence-corrected chi connectivity index (χ2v) is 6.71. The first-order valence-electron chi connectivity index (χ1n) is 7.27. The molecule has 0 aliphatic carbocycles. The Morgan fingerprint density at radius 1 is 1.45 bits per heavy atom. The molecule has 1 amide bonds. The lowest BCUT2D eigenvalue weighted by atomic mass is 9.98. The Hall–Kier alpha value is -0.910. The summed E-state index contributed by atoms with van der Waals surface area (Å²) in [6.07, 6.45) is 2.97. The van der Waals surface area contributed by atoms with Crippen LogP contribution in [0.1, 0.15) is 24.8 Å². The Bertz CT molecular complexity index is 460. The van der Waals surface area contributed by atoms with Gasteiger partial charge in [0, 0.05) is 33.2 Å². The van der Waals surface area contributed by atoms with Crippen LogP contribution < -0.4 is 0 Å². The van der Waals surface area contributed by atoms with E-state index in [-0.39, 0.29) is 18.1 Å². The van der Waals surface area contributed by atoms with E-state index in [0.29, 0.717) is 6.04 Å². The van der Waals surface area contributed by atoms with Gasteiger partial charge in [-0.3, -0.25) is 9.69 Å². The van der Waals surface area contributed by atoms with Crippen LogP contribution in [-0.2, 0) is 16.1 Å². The third-order valence-electron chi connectivity index (χ3n) is 4.34. The molecule has 4 nitrogen and oxygen atoms in total. The molecule has 3 heterocycles. The zero-order valence-electron chi connectivity index (χ0n) is 12.1. The number of amides is 1. The largest absolute Gasteiger partial charge is 0.363 e. The van der Waals surface area contributed by atoms with Crippen molar-refractivity contribution in [2.75, 3.05) is 20.6 Å². The van der Waals surface area contributed by atoms with Crippen molar-refractivity contribution in [3.8, 4) is 0 Å². The van der Waals surface area contributed by atoms with Gasteiger partial charge in [-0.2, -0.15) is 11.3 Å². The second-order valence-electron chi connectivity index (χ2n) is 5.93. The Balaban J connectivity index is 1.60. The summed E-state index contributed by atoms with van der Waals surface area (Å²) in [4.78, 5) is 16.2. The van der Waals surface area contributed by atoms with Gasteiger partial charge in [0.05, 0.1) is 6.10 Å². The van der Waals surface area contributed by atoms with E-state index in [1.165, 1.54) is 5.56 Å². The van der Waals surface area contributed by atoms with Gasteiger partial charge in [-0.05, 0) is 41.7 Å². The van der Waals surface area contributed by atoms with E-state index in [0.717, 1.165) is 32.4 Å². The first-order chi connectivity index (χ1) is 9.65. The Labute approximate surface area is 124 Å². The van der Waals surface area contributed by atoms with Gasteiger partial charge >= 0.3 is 0 Å². The zero-order chi connectivity index (χ0) is 14.1. The Morgan fingerprint density at radius 2 is 2.30 bits per heavy atom. The lowest BCUT2D eigenvalue weighted by Crippen LogP contribution is -2.47. The predicted molar refractivity (Wildman–Crippen MR) is 79.7 cm³/mol. The number of likely N-dealkylation sites (N-methyl/N-ethyl adjacent to an activating group) is 1. The highest BCUT2D eigenvalue weighted by molar-refractivity contribution is 7.07. The number of thiophene rings is 1. The molecule has 2 saturated heterocycles. The summed E-state index contributed by atoms with van der Waals surface area (Å²) in [5.74, 6) is 0.111. The third-order valence-corrected chi connectivity index (χ3v) is 5.08. The van der Waals surface area contributed by atoms with Gasteiger partial charge in [0.15, 0.2) is 0 Å². The van der Waals surface area contributed by atoms with E-state index in [1.54, 1.807) is 30.3 Å². The van der Waals surface area contributed by atoms with Crippen LogP contribution >= 0.6 is 11.3 Å². The number of fused-ring (bicyclic) bond motifs is 1. The smallest absolute Gasteiger partial charge is 0.251 e. The number of hydrogen-bond acceptors (Lipinski definition) is 4. The zero-order valence-corrected chi connectivity index (χ0v) is 12.9. The average molecular weight is 294 g/mol. The van der Waals surface area contributed by atoms with Gasteiger partial charge in [0.1, 0.15) is 6.10 Å². The molecule has 110 valence electrons. The molecule has 0 saturated carbocycles. The predicted octanol–water partition coefficient (Wildman–Crippen LogP) is 1.96. The van der Waals surface area contributed by atoms with Crippen LogP contribution in [0, 0.1) is 0 Å². The summed E-state index contributed by atoms with van der Waals surface area (Å²) in [7, 11) is 3.60.